The van der Waals surface area contributed by atoms with E-state index in [1.807, 2.05) is 153 Å². The van der Waals surface area contributed by atoms with Gasteiger partial charge in [-0.15, -0.1) is 0 Å². The van der Waals surface area contributed by atoms with Gasteiger partial charge in [-0.1, -0.05) is 163 Å². The minimum atomic E-state index is -5.21. The quantitative estimate of drug-likeness (QED) is 0.0185. The first kappa shape index (κ1) is 80.0. The average molecular weight is 1460 g/mol. The van der Waals surface area contributed by atoms with Gasteiger partial charge in [0, 0.05) is 49.7 Å². The highest BCUT2D eigenvalue weighted by molar-refractivity contribution is 5.90. The molecule has 4 saturated heterocycles. The van der Waals surface area contributed by atoms with Crippen molar-refractivity contribution in [1.82, 2.24) is 52.1 Å². The van der Waals surface area contributed by atoms with Crippen LogP contribution in [0.5, 0.6) is 0 Å². The highest BCUT2D eigenvalue weighted by Gasteiger charge is 2.47. The van der Waals surface area contributed by atoms with E-state index in [-0.39, 0.29) is 63.9 Å². The van der Waals surface area contributed by atoms with Crippen molar-refractivity contribution in [3.8, 4) is 22.5 Å². The van der Waals surface area contributed by atoms with Crippen molar-refractivity contribution in [3.63, 3.8) is 0 Å². The fourth-order valence-electron chi connectivity index (χ4n) is 12.5. The second kappa shape index (κ2) is 36.2. The Morgan fingerprint density at radius 3 is 1.25 bits per heavy atom. The molecule has 28 heteroatoms. The smallest absolute Gasteiger partial charge is 0.444 e. The molecule has 8 N–H and O–H groups in total. The van der Waals surface area contributed by atoms with E-state index in [4.69, 9.17) is 33.2 Å². The Hall–Kier alpha value is -9.13. The van der Waals surface area contributed by atoms with Crippen LogP contribution in [0.25, 0.3) is 22.5 Å². The number of rotatable bonds is 26. The molecule has 2 aromatic heterocycles. The first-order valence-electron chi connectivity index (χ1n) is 35.2. The maximum absolute atomic E-state index is 14.0. The van der Waals surface area contributed by atoms with E-state index < -0.39 is 113 Å². The van der Waals surface area contributed by atoms with Crippen molar-refractivity contribution in [1.29, 1.82) is 0 Å². The summed E-state index contributed by atoms with van der Waals surface area (Å²) in [7, 11) is 0. The predicted octanol–water partition coefficient (Wildman–Crippen LogP) is 9.12. The molecule has 4 aromatic carbocycles. The predicted molar refractivity (Wildman–Crippen MR) is 381 cm³/mol. The molecule has 4 aliphatic rings. The Kier molecular flexibility index (Phi) is 27.6. The number of hydrogen-bond acceptors (Lipinski definition) is 19. The molecule has 6 heterocycles. The summed E-state index contributed by atoms with van der Waals surface area (Å²) >= 11 is 0. The Morgan fingerprint density at radius 1 is 0.495 bits per heavy atom. The molecule has 0 spiro atoms. The average Bonchev–Trinajstić information content (AvgIpc) is 1.50. The molecule has 0 bridgehead atoms. The molecular formula is C77H97F3N10O15. The van der Waals surface area contributed by atoms with Crippen LogP contribution in [0.2, 0.25) is 0 Å². The lowest BCUT2D eigenvalue weighted by Gasteiger charge is -2.35. The van der Waals surface area contributed by atoms with Crippen LogP contribution in [0.1, 0.15) is 97.4 Å². The number of nitrogens with zero attached hydrogens (tertiary/aromatic N) is 4. The first-order chi connectivity index (χ1) is 49.8. The number of aliphatic hydroxyl groups is 2. The van der Waals surface area contributed by atoms with Crippen LogP contribution in [0.15, 0.2) is 158 Å². The number of hydrazine groups is 2. The number of hydrogen-bond donors (Lipinski definition) is 8. The van der Waals surface area contributed by atoms with Gasteiger partial charge in [-0.25, -0.2) is 24.4 Å². The number of alkyl halides is 3. The molecule has 566 valence electrons. The SMILES string of the molecule is CC(C)(C)C(NC(=O)C(F)(F)F)C(=O)NN(Cc1ccc(-c2ccccn2)cc1)C[C@H](O)[C@H](Cc1ccccc1)NC(=O)O[C@H]1CO[C@H]2OCC[C@H]21.CC(C)(C)OC(=O)NC(C(=O)NN(Cc1ccc(-c2ccccn2)cc1)C[C@H](O)[C@H](Cc1ccccc1)NC(=O)O[C@H]1CO[C@H]2OCC[C@H]21)C(C)(C)C. The van der Waals surface area contributed by atoms with E-state index >= 15 is 0 Å². The molecule has 0 radical (unpaired) electrons. The van der Waals surface area contributed by atoms with Gasteiger partial charge >= 0.3 is 30.4 Å². The highest BCUT2D eigenvalue weighted by Crippen LogP contribution is 2.35. The summed E-state index contributed by atoms with van der Waals surface area (Å²) in [6.07, 6.45) is -6.43. The van der Waals surface area contributed by atoms with Gasteiger partial charge in [0.25, 0.3) is 11.8 Å². The van der Waals surface area contributed by atoms with E-state index in [9.17, 15) is 52.2 Å². The summed E-state index contributed by atoms with van der Waals surface area (Å²) in [6, 6.07) is 40.5. The highest BCUT2D eigenvalue weighted by atomic mass is 19.4. The Labute approximate surface area is 609 Å². The molecular weight excluding hydrogens is 1360 g/mol. The summed E-state index contributed by atoms with van der Waals surface area (Å²) in [4.78, 5) is 87.8. The number of aliphatic hydroxyl groups excluding tert-OH is 2. The third kappa shape index (κ3) is 24.2. The molecule has 105 heavy (non-hydrogen) atoms. The summed E-state index contributed by atoms with van der Waals surface area (Å²) in [6.45, 7) is 16.6. The molecule has 0 saturated carbocycles. The first-order valence-corrected chi connectivity index (χ1v) is 35.2. The fraction of sp³-hybridized carbons (Fsp3) is 0.481. The molecule has 6 aromatic rings. The van der Waals surface area contributed by atoms with Crippen LogP contribution in [0.3, 0.4) is 0 Å². The lowest BCUT2D eigenvalue weighted by atomic mass is 9.86. The van der Waals surface area contributed by atoms with Gasteiger partial charge in [0.05, 0.1) is 73.9 Å². The fourth-order valence-corrected chi connectivity index (χ4v) is 12.5. The van der Waals surface area contributed by atoms with Crippen molar-refractivity contribution < 1.29 is 85.3 Å². The number of carbonyl (C=O) groups is 6. The van der Waals surface area contributed by atoms with Gasteiger partial charge in [0.2, 0.25) is 0 Å². The van der Waals surface area contributed by atoms with Gasteiger partial charge in [-0.05, 0) is 104 Å². The normalized spacial score (nSPS) is 20.3. The van der Waals surface area contributed by atoms with Gasteiger partial charge in [-0.2, -0.15) is 13.2 Å². The summed E-state index contributed by atoms with van der Waals surface area (Å²) in [5.74, 6) is -3.83. The van der Waals surface area contributed by atoms with Crippen LogP contribution < -0.4 is 32.1 Å². The number of fused-ring (bicyclic) bond motifs is 2. The van der Waals surface area contributed by atoms with E-state index in [2.05, 4.69) is 36.8 Å². The molecule has 0 aliphatic carbocycles. The third-order valence-corrected chi connectivity index (χ3v) is 18.0. The molecule has 4 aliphatic heterocycles. The van der Waals surface area contributed by atoms with Crippen molar-refractivity contribution in [3.05, 3.63) is 180 Å². The van der Waals surface area contributed by atoms with E-state index in [0.717, 1.165) is 45.6 Å². The zero-order valence-corrected chi connectivity index (χ0v) is 60.5. The number of aromatic nitrogens is 2. The lowest BCUT2D eigenvalue weighted by Crippen LogP contribution is -2.60. The number of ether oxygens (including phenoxy) is 7. The number of alkyl carbamates (subject to hydrolysis) is 3. The minimum absolute atomic E-state index is 0.000360. The summed E-state index contributed by atoms with van der Waals surface area (Å²) in [5, 5.41) is 36.7. The number of nitrogens with one attached hydrogen (secondary N) is 6. The Morgan fingerprint density at radius 2 is 0.886 bits per heavy atom. The molecule has 4 fully saturated rings. The number of carbonyl (C=O) groups excluding carboxylic acids is 6. The second-order valence-electron chi connectivity index (χ2n) is 29.7. The molecule has 25 nitrogen and oxygen atoms in total. The van der Waals surface area contributed by atoms with Crippen molar-refractivity contribution in [2.24, 2.45) is 22.7 Å². The summed E-state index contributed by atoms with van der Waals surface area (Å²) in [5.41, 5.74) is 9.50. The molecule has 6 amide bonds. The van der Waals surface area contributed by atoms with Gasteiger partial charge in [0.15, 0.2) is 12.6 Å². The number of halogens is 3. The topological polar surface area (TPSA) is 312 Å². The zero-order chi connectivity index (χ0) is 75.6. The standard InChI is InChI=1S/C40H53N5O8.C37H44F3N5O7/c1-39(2,3)34(43-38(49)53-40(4,5)6)35(47)44-45(23-27-15-17-28(18-16-27)30-14-10-11-20-41-30)24-32(46)31(22-26-12-8-7-9-13-26)42-37(48)52-33-25-51-36-29(33)19-21-50-36;1-36(2,3)31(43-34(48)37(38,39)40)32(47)44-45(20-24-12-14-25(15-13-24)27-11-7-8-17-41-27)21-29(46)28(19-23-9-5-4-6-10-23)42-35(49)52-30-22-51-33-26(30)16-18-50-33/h7-18,20,29,31-34,36,46H,19,21-25H2,1-6H3,(H,42,48)(H,43,49)(H,44,47);4-15,17,26,28-31,33,46H,16,18-22H2,1-3H3,(H,42,49)(H,43,48)(H,44,47)/t29-,31-,32-,33-,34?,36+;26-,28-,29-,30-,31?,33+/m00/s1. The third-order valence-electron chi connectivity index (χ3n) is 18.0. The van der Waals surface area contributed by atoms with E-state index in [0.29, 0.717) is 31.6 Å². The number of benzene rings is 4. The maximum atomic E-state index is 14.0. The Bertz CT molecular complexity index is 3780. The molecule has 12 atom stereocenters. The Balaban J connectivity index is 0.000000243. The van der Waals surface area contributed by atoms with Crippen molar-refractivity contribution in [2.75, 3.05) is 39.5 Å². The van der Waals surface area contributed by atoms with Crippen LogP contribution in [-0.2, 0) is 73.5 Å². The van der Waals surface area contributed by atoms with E-state index in [1.54, 1.807) is 56.4 Å². The largest absolute Gasteiger partial charge is 0.471 e. The van der Waals surface area contributed by atoms with Gasteiger partial charge < -0.3 is 64.6 Å². The molecule has 2 unspecified atom stereocenters. The second-order valence-corrected chi connectivity index (χ2v) is 29.7. The zero-order valence-electron chi connectivity index (χ0n) is 60.5. The van der Waals surface area contributed by atoms with Crippen LogP contribution in [-0.4, -0.2) is 179 Å². The minimum Gasteiger partial charge on any atom is -0.444 e. The maximum Gasteiger partial charge on any atom is 0.471 e. The van der Waals surface area contributed by atoms with Crippen molar-refractivity contribution >= 4 is 36.0 Å². The van der Waals surface area contributed by atoms with Gasteiger partial charge in [0.1, 0.15) is 29.9 Å². The number of amides is 6. The monoisotopic (exact) mass is 1460 g/mol. The van der Waals surface area contributed by atoms with Gasteiger partial charge in [-0.3, -0.25) is 35.2 Å². The van der Waals surface area contributed by atoms with E-state index in [1.165, 1.54) is 25.8 Å². The number of pyridine rings is 2. The van der Waals surface area contributed by atoms with Crippen LogP contribution in [0, 0.1) is 22.7 Å². The lowest BCUT2D eigenvalue weighted by molar-refractivity contribution is -0.175. The molecule has 10 rings (SSSR count). The van der Waals surface area contributed by atoms with Crippen LogP contribution >= 0.6 is 0 Å². The van der Waals surface area contributed by atoms with Crippen LogP contribution in [0.4, 0.5) is 27.6 Å². The van der Waals surface area contributed by atoms with Crippen molar-refractivity contribution in [2.45, 2.75) is 174 Å². The summed E-state index contributed by atoms with van der Waals surface area (Å²) < 4.78 is 79.0.